The van der Waals surface area contributed by atoms with Gasteiger partial charge in [0.15, 0.2) is 0 Å². The van der Waals surface area contributed by atoms with E-state index in [0.29, 0.717) is 6.42 Å². The van der Waals surface area contributed by atoms with Crippen molar-refractivity contribution >= 4 is 11.9 Å². The quantitative estimate of drug-likeness (QED) is 0.865. The summed E-state index contributed by atoms with van der Waals surface area (Å²) in [7, 11) is 0. The third-order valence-electron chi connectivity index (χ3n) is 5.32. The summed E-state index contributed by atoms with van der Waals surface area (Å²) in [6, 6.07) is 0. The molecule has 4 heteroatoms. The van der Waals surface area contributed by atoms with E-state index in [2.05, 4.69) is 13.8 Å². The minimum absolute atomic E-state index is 0.0659. The molecule has 1 saturated carbocycles. The fourth-order valence-electron chi connectivity index (χ4n) is 4.21. The third-order valence-corrected chi connectivity index (χ3v) is 5.32. The van der Waals surface area contributed by atoms with Gasteiger partial charge in [0.1, 0.15) is 0 Å². The van der Waals surface area contributed by atoms with Crippen molar-refractivity contribution in [2.45, 2.75) is 65.2 Å². The Hall–Kier alpha value is -1.06. The van der Waals surface area contributed by atoms with Gasteiger partial charge in [0.25, 0.3) is 0 Å². The number of carbonyl (C=O) groups excluding carboxylic acids is 1. The summed E-state index contributed by atoms with van der Waals surface area (Å²) >= 11 is 0. The second-order valence-electron chi connectivity index (χ2n) is 7.32. The average molecular weight is 295 g/mol. The molecule has 2 aliphatic rings. The summed E-state index contributed by atoms with van der Waals surface area (Å²) in [6.07, 6.45) is 7.60. The van der Waals surface area contributed by atoms with Crippen LogP contribution in [-0.4, -0.2) is 35.0 Å². The van der Waals surface area contributed by atoms with E-state index in [0.717, 1.165) is 45.2 Å². The monoisotopic (exact) mass is 295 g/mol. The minimum atomic E-state index is -0.734. The zero-order valence-electron chi connectivity index (χ0n) is 13.4. The molecule has 120 valence electrons. The van der Waals surface area contributed by atoms with Gasteiger partial charge < -0.3 is 10.0 Å². The predicted molar refractivity (Wildman–Crippen MR) is 81.9 cm³/mol. The van der Waals surface area contributed by atoms with Crippen molar-refractivity contribution in [3.63, 3.8) is 0 Å². The summed E-state index contributed by atoms with van der Waals surface area (Å²) in [5.74, 6) is -0.909. The van der Waals surface area contributed by atoms with Gasteiger partial charge in [-0.05, 0) is 43.9 Å². The number of hydrogen-bond donors (Lipinski definition) is 1. The first-order valence-electron chi connectivity index (χ1n) is 8.47. The highest BCUT2D eigenvalue weighted by atomic mass is 16.4. The van der Waals surface area contributed by atoms with E-state index in [4.69, 9.17) is 0 Å². The second-order valence-corrected chi connectivity index (χ2v) is 7.32. The molecule has 1 heterocycles. The van der Waals surface area contributed by atoms with Crippen LogP contribution >= 0.6 is 0 Å². The van der Waals surface area contributed by atoms with E-state index >= 15 is 0 Å². The summed E-state index contributed by atoms with van der Waals surface area (Å²) in [5.41, 5.74) is 0.253. The van der Waals surface area contributed by atoms with E-state index in [1.165, 1.54) is 12.8 Å². The number of nitrogens with zero attached hydrogens (tertiary/aromatic N) is 1. The van der Waals surface area contributed by atoms with Crippen LogP contribution in [0.5, 0.6) is 0 Å². The standard InChI is InChI=1S/C17H29NO3/c1-3-8-17(2)9-5-10-18(12-17)15(19)13-6-4-7-14(11-13)16(20)21/h13-14H,3-12H2,1-2H3,(H,20,21). The topological polar surface area (TPSA) is 57.6 Å². The lowest BCUT2D eigenvalue weighted by Crippen LogP contribution is -2.48. The SMILES string of the molecule is CCCC1(C)CCCN(C(=O)C2CCCC(C(=O)O)C2)C1. The van der Waals surface area contributed by atoms with Crippen LogP contribution in [0.3, 0.4) is 0 Å². The second kappa shape index (κ2) is 6.80. The summed E-state index contributed by atoms with van der Waals surface area (Å²) < 4.78 is 0. The fraction of sp³-hybridized carbons (Fsp3) is 0.882. The number of likely N-dealkylation sites (tertiary alicyclic amines) is 1. The van der Waals surface area contributed by atoms with Crippen LogP contribution in [0, 0.1) is 17.3 Å². The lowest BCUT2D eigenvalue weighted by Gasteiger charge is -2.42. The third kappa shape index (κ3) is 3.98. The van der Waals surface area contributed by atoms with Crippen molar-refractivity contribution < 1.29 is 14.7 Å². The first-order chi connectivity index (χ1) is 9.95. The highest BCUT2D eigenvalue weighted by molar-refractivity contribution is 5.80. The molecule has 2 fully saturated rings. The van der Waals surface area contributed by atoms with Crippen molar-refractivity contribution in [1.82, 2.24) is 4.90 Å². The predicted octanol–water partition coefficient (Wildman–Crippen LogP) is 3.31. The molecule has 2 rings (SSSR count). The molecule has 0 spiro atoms. The van der Waals surface area contributed by atoms with Crippen LogP contribution in [-0.2, 0) is 9.59 Å². The molecule has 3 atom stereocenters. The Labute approximate surface area is 127 Å². The van der Waals surface area contributed by atoms with Crippen LogP contribution in [0.15, 0.2) is 0 Å². The Morgan fingerprint density at radius 2 is 1.95 bits per heavy atom. The first-order valence-corrected chi connectivity index (χ1v) is 8.47. The minimum Gasteiger partial charge on any atom is -0.481 e. The van der Waals surface area contributed by atoms with Crippen molar-refractivity contribution in [2.75, 3.05) is 13.1 Å². The number of carbonyl (C=O) groups is 2. The van der Waals surface area contributed by atoms with E-state index in [1.54, 1.807) is 0 Å². The largest absolute Gasteiger partial charge is 0.481 e. The van der Waals surface area contributed by atoms with Gasteiger partial charge >= 0.3 is 5.97 Å². The molecule has 3 unspecified atom stereocenters. The molecule has 1 N–H and O–H groups in total. The van der Waals surface area contributed by atoms with Crippen LogP contribution in [0.2, 0.25) is 0 Å². The Kier molecular flexibility index (Phi) is 5.28. The van der Waals surface area contributed by atoms with Crippen molar-refractivity contribution in [1.29, 1.82) is 0 Å². The van der Waals surface area contributed by atoms with Gasteiger partial charge in [-0.25, -0.2) is 0 Å². The van der Waals surface area contributed by atoms with Gasteiger partial charge in [-0.2, -0.15) is 0 Å². The van der Waals surface area contributed by atoms with Gasteiger partial charge in [-0.3, -0.25) is 9.59 Å². The maximum Gasteiger partial charge on any atom is 0.306 e. The number of carboxylic acid groups (broad SMARTS) is 1. The smallest absolute Gasteiger partial charge is 0.306 e. The molecule has 0 radical (unpaired) electrons. The maximum absolute atomic E-state index is 12.7. The van der Waals surface area contributed by atoms with Gasteiger partial charge in [-0.15, -0.1) is 0 Å². The summed E-state index contributed by atoms with van der Waals surface area (Å²) in [4.78, 5) is 25.9. The number of carboxylic acids is 1. The molecule has 21 heavy (non-hydrogen) atoms. The molecule has 1 aliphatic carbocycles. The molecule has 0 bridgehead atoms. The number of aliphatic carboxylic acids is 1. The van der Waals surface area contributed by atoms with E-state index in [9.17, 15) is 14.7 Å². The molecule has 1 saturated heterocycles. The summed E-state index contributed by atoms with van der Waals surface area (Å²) in [6.45, 7) is 6.20. The zero-order valence-corrected chi connectivity index (χ0v) is 13.4. The molecule has 0 aromatic rings. The molecular weight excluding hydrogens is 266 g/mol. The lowest BCUT2D eigenvalue weighted by molar-refractivity contribution is -0.146. The maximum atomic E-state index is 12.7. The number of piperidine rings is 1. The van der Waals surface area contributed by atoms with Gasteiger partial charge in [0, 0.05) is 19.0 Å². The normalized spacial score (nSPS) is 33.7. The van der Waals surface area contributed by atoms with Crippen LogP contribution in [0.4, 0.5) is 0 Å². The molecular formula is C17H29NO3. The van der Waals surface area contributed by atoms with Crippen molar-refractivity contribution in [3.05, 3.63) is 0 Å². The summed E-state index contributed by atoms with van der Waals surface area (Å²) in [5, 5.41) is 9.18. The van der Waals surface area contributed by atoms with Crippen LogP contribution in [0.1, 0.15) is 65.2 Å². The van der Waals surface area contributed by atoms with Crippen molar-refractivity contribution in [2.24, 2.45) is 17.3 Å². The van der Waals surface area contributed by atoms with Crippen molar-refractivity contribution in [3.8, 4) is 0 Å². The van der Waals surface area contributed by atoms with Crippen LogP contribution < -0.4 is 0 Å². The lowest BCUT2D eigenvalue weighted by atomic mass is 9.76. The number of hydrogen-bond acceptors (Lipinski definition) is 2. The molecule has 1 amide bonds. The molecule has 0 aromatic heterocycles. The van der Waals surface area contributed by atoms with Gasteiger partial charge in [0.2, 0.25) is 5.91 Å². The van der Waals surface area contributed by atoms with Gasteiger partial charge in [0.05, 0.1) is 5.92 Å². The Balaban J connectivity index is 1.97. The Morgan fingerprint density at radius 3 is 2.62 bits per heavy atom. The highest BCUT2D eigenvalue weighted by Gasteiger charge is 2.37. The van der Waals surface area contributed by atoms with E-state index in [1.807, 2.05) is 4.90 Å². The fourth-order valence-corrected chi connectivity index (χ4v) is 4.21. The molecule has 1 aliphatic heterocycles. The number of amides is 1. The van der Waals surface area contributed by atoms with E-state index < -0.39 is 5.97 Å². The molecule has 0 aromatic carbocycles. The average Bonchev–Trinajstić information content (AvgIpc) is 2.46. The number of rotatable bonds is 4. The van der Waals surface area contributed by atoms with Crippen LogP contribution in [0.25, 0.3) is 0 Å². The highest BCUT2D eigenvalue weighted by Crippen LogP contribution is 2.36. The van der Waals surface area contributed by atoms with Gasteiger partial charge in [-0.1, -0.05) is 26.7 Å². The Morgan fingerprint density at radius 1 is 1.24 bits per heavy atom. The zero-order chi connectivity index (χ0) is 15.5. The van der Waals surface area contributed by atoms with E-state index in [-0.39, 0.29) is 23.2 Å². The molecule has 4 nitrogen and oxygen atoms in total. The Bertz CT molecular complexity index is 391. The first kappa shape index (κ1) is 16.3.